The number of aromatic nitrogens is 3. The predicted octanol–water partition coefficient (Wildman–Crippen LogP) is 2.39. The van der Waals surface area contributed by atoms with Crippen LogP contribution >= 0.6 is 11.3 Å². The fourth-order valence-corrected chi connectivity index (χ4v) is 3.98. The quantitative estimate of drug-likeness (QED) is 0.816. The summed E-state index contributed by atoms with van der Waals surface area (Å²) in [7, 11) is 1.94. The number of nitrogens with zero attached hydrogens (tertiary/aromatic N) is 4. The van der Waals surface area contributed by atoms with Crippen LogP contribution in [0.15, 0.2) is 17.8 Å². The molecule has 0 aromatic carbocycles. The fourth-order valence-electron chi connectivity index (χ4n) is 3.16. The maximum Gasteiger partial charge on any atom is 0.317 e. The minimum absolute atomic E-state index is 0.0685. The number of carbonyl (C=O) groups excluding carboxylic acids is 1. The Morgan fingerprint density at radius 2 is 2.38 bits per heavy atom. The maximum absolute atomic E-state index is 12.2. The Balaban J connectivity index is 1.35. The first kappa shape index (κ1) is 17.0. The summed E-state index contributed by atoms with van der Waals surface area (Å²) < 4.78 is 1.83. The molecule has 3 rings (SSSR count). The summed E-state index contributed by atoms with van der Waals surface area (Å²) in [4.78, 5) is 18.6. The van der Waals surface area contributed by atoms with Gasteiger partial charge in [0.25, 0.3) is 0 Å². The highest BCUT2D eigenvalue weighted by Crippen LogP contribution is 2.20. The first-order valence-electron chi connectivity index (χ1n) is 8.51. The van der Waals surface area contributed by atoms with Crippen LogP contribution in [0.1, 0.15) is 29.1 Å². The summed E-state index contributed by atoms with van der Waals surface area (Å²) in [5, 5.41) is 10.5. The Morgan fingerprint density at radius 3 is 3.08 bits per heavy atom. The minimum Gasteiger partial charge on any atom is -0.338 e. The van der Waals surface area contributed by atoms with Crippen molar-refractivity contribution in [2.24, 2.45) is 13.0 Å². The summed E-state index contributed by atoms with van der Waals surface area (Å²) in [5.41, 5.74) is 2.33. The number of rotatable bonds is 6. The molecule has 0 radical (unpaired) electrons. The molecule has 1 fully saturated rings. The first-order chi connectivity index (χ1) is 11.6. The highest BCUT2D eigenvalue weighted by atomic mass is 32.1. The average Bonchev–Trinajstić information content (AvgIpc) is 3.27. The van der Waals surface area contributed by atoms with E-state index in [4.69, 9.17) is 0 Å². The number of likely N-dealkylation sites (tertiary alicyclic amines) is 1. The van der Waals surface area contributed by atoms with E-state index in [1.807, 2.05) is 29.7 Å². The van der Waals surface area contributed by atoms with Gasteiger partial charge in [-0.25, -0.2) is 9.78 Å². The number of carbonyl (C=O) groups is 1. The van der Waals surface area contributed by atoms with Crippen LogP contribution in [0, 0.1) is 12.8 Å². The summed E-state index contributed by atoms with van der Waals surface area (Å²) in [6, 6.07) is 0.0685. The van der Waals surface area contributed by atoms with E-state index in [1.54, 1.807) is 11.3 Å². The Hall–Kier alpha value is -1.89. The second kappa shape index (κ2) is 7.79. The monoisotopic (exact) mass is 347 g/mol. The molecule has 2 aromatic rings. The van der Waals surface area contributed by atoms with Gasteiger partial charge in [-0.05, 0) is 37.7 Å². The average molecular weight is 347 g/mol. The summed E-state index contributed by atoms with van der Waals surface area (Å²) in [6.45, 7) is 4.41. The van der Waals surface area contributed by atoms with Crippen molar-refractivity contribution in [3.05, 3.63) is 34.0 Å². The van der Waals surface area contributed by atoms with Gasteiger partial charge in [0, 0.05) is 50.4 Å². The third kappa shape index (κ3) is 4.56. The van der Waals surface area contributed by atoms with Gasteiger partial charge in [-0.1, -0.05) is 0 Å². The number of thiazole rings is 1. The van der Waals surface area contributed by atoms with Crippen molar-refractivity contribution in [1.29, 1.82) is 0 Å². The van der Waals surface area contributed by atoms with Crippen LogP contribution in [0.5, 0.6) is 0 Å². The van der Waals surface area contributed by atoms with Crippen LogP contribution in [0.3, 0.4) is 0 Å². The molecule has 1 aliphatic heterocycles. The summed E-state index contributed by atoms with van der Waals surface area (Å²) in [6.07, 6.45) is 7.92. The molecule has 0 bridgehead atoms. The predicted molar refractivity (Wildman–Crippen MR) is 95.2 cm³/mol. The van der Waals surface area contributed by atoms with Gasteiger partial charge in [0.15, 0.2) is 0 Å². The summed E-state index contributed by atoms with van der Waals surface area (Å²) in [5.74, 6) is 0.540. The van der Waals surface area contributed by atoms with E-state index in [-0.39, 0.29) is 6.03 Å². The molecule has 24 heavy (non-hydrogen) atoms. The zero-order valence-corrected chi connectivity index (χ0v) is 15.2. The van der Waals surface area contributed by atoms with E-state index >= 15 is 0 Å². The van der Waals surface area contributed by atoms with Crippen molar-refractivity contribution in [3.63, 3.8) is 0 Å². The van der Waals surface area contributed by atoms with Crippen molar-refractivity contribution in [3.8, 4) is 0 Å². The van der Waals surface area contributed by atoms with Crippen molar-refractivity contribution >= 4 is 17.4 Å². The van der Waals surface area contributed by atoms with E-state index in [1.165, 1.54) is 5.56 Å². The van der Waals surface area contributed by atoms with Crippen LogP contribution < -0.4 is 5.32 Å². The molecule has 1 N–H and O–H groups in total. The van der Waals surface area contributed by atoms with E-state index in [0.29, 0.717) is 12.5 Å². The molecular formula is C17H25N5OS. The molecule has 0 saturated carbocycles. The number of hydrogen-bond donors (Lipinski definition) is 1. The molecule has 2 amide bonds. The van der Waals surface area contributed by atoms with E-state index in [2.05, 4.69) is 27.0 Å². The van der Waals surface area contributed by atoms with Crippen molar-refractivity contribution in [2.45, 2.75) is 32.6 Å². The second-order valence-corrected chi connectivity index (χ2v) is 7.49. The molecule has 1 atom stereocenters. The first-order valence-corrected chi connectivity index (χ1v) is 9.39. The van der Waals surface area contributed by atoms with Gasteiger partial charge >= 0.3 is 6.03 Å². The largest absolute Gasteiger partial charge is 0.338 e. The van der Waals surface area contributed by atoms with Gasteiger partial charge in [0.1, 0.15) is 0 Å². The maximum atomic E-state index is 12.2. The van der Waals surface area contributed by atoms with Crippen molar-refractivity contribution < 1.29 is 4.79 Å². The standard InChI is InChI=1S/C17H25N5OS/c1-13-12-24-16(20-13)4-3-6-18-17(23)22-7-5-14(11-22)8-15-9-19-21(2)10-15/h9-10,12,14H,3-8,11H2,1-2H3,(H,18,23)/t14-/m1/s1. The van der Waals surface area contributed by atoms with Crippen LogP contribution in [0.25, 0.3) is 0 Å². The Bertz CT molecular complexity index is 680. The second-order valence-electron chi connectivity index (χ2n) is 6.55. The molecule has 130 valence electrons. The van der Waals surface area contributed by atoms with Gasteiger partial charge in [0.2, 0.25) is 0 Å². The zero-order chi connectivity index (χ0) is 16.9. The van der Waals surface area contributed by atoms with E-state index in [9.17, 15) is 4.79 Å². The Morgan fingerprint density at radius 1 is 1.50 bits per heavy atom. The molecule has 7 heteroatoms. The number of hydrogen-bond acceptors (Lipinski definition) is 4. The molecule has 0 unspecified atom stereocenters. The Kier molecular flexibility index (Phi) is 5.50. The molecular weight excluding hydrogens is 322 g/mol. The molecule has 0 aliphatic carbocycles. The molecule has 2 aromatic heterocycles. The van der Waals surface area contributed by atoms with Gasteiger partial charge in [0.05, 0.1) is 11.2 Å². The van der Waals surface area contributed by atoms with E-state index in [0.717, 1.165) is 49.5 Å². The molecule has 3 heterocycles. The molecule has 1 saturated heterocycles. The zero-order valence-electron chi connectivity index (χ0n) is 14.4. The van der Waals surface area contributed by atoms with Crippen LogP contribution in [0.2, 0.25) is 0 Å². The number of nitrogens with one attached hydrogen (secondary N) is 1. The van der Waals surface area contributed by atoms with Gasteiger partial charge in [-0.2, -0.15) is 5.10 Å². The highest BCUT2D eigenvalue weighted by molar-refractivity contribution is 7.09. The number of amides is 2. The van der Waals surface area contributed by atoms with Gasteiger partial charge in [-0.15, -0.1) is 11.3 Å². The normalized spacial score (nSPS) is 17.4. The van der Waals surface area contributed by atoms with Crippen molar-refractivity contribution in [2.75, 3.05) is 19.6 Å². The highest BCUT2D eigenvalue weighted by Gasteiger charge is 2.26. The van der Waals surface area contributed by atoms with Crippen LogP contribution in [-0.2, 0) is 19.9 Å². The van der Waals surface area contributed by atoms with Crippen molar-refractivity contribution in [1.82, 2.24) is 25.0 Å². The minimum atomic E-state index is 0.0685. The Labute approximate surface area is 146 Å². The molecule has 0 spiro atoms. The lowest BCUT2D eigenvalue weighted by molar-refractivity contribution is 0.207. The van der Waals surface area contributed by atoms with Crippen LogP contribution in [0.4, 0.5) is 4.79 Å². The topological polar surface area (TPSA) is 63.1 Å². The van der Waals surface area contributed by atoms with Gasteiger partial charge < -0.3 is 10.2 Å². The summed E-state index contributed by atoms with van der Waals surface area (Å²) >= 11 is 1.70. The smallest absolute Gasteiger partial charge is 0.317 e. The lowest BCUT2D eigenvalue weighted by Crippen LogP contribution is -2.39. The van der Waals surface area contributed by atoms with Crippen LogP contribution in [-0.4, -0.2) is 45.3 Å². The molecule has 6 nitrogen and oxygen atoms in total. The SMILES string of the molecule is Cc1csc(CCCNC(=O)N2CC[C@H](Cc3cnn(C)c3)C2)n1. The number of aryl methyl sites for hydroxylation is 3. The third-order valence-corrected chi connectivity index (χ3v) is 5.39. The number of urea groups is 1. The third-order valence-electron chi connectivity index (χ3n) is 4.37. The lowest BCUT2D eigenvalue weighted by Gasteiger charge is -2.17. The molecule has 1 aliphatic rings. The lowest BCUT2D eigenvalue weighted by atomic mass is 10.0. The fraction of sp³-hybridized carbons (Fsp3) is 0.588. The van der Waals surface area contributed by atoms with E-state index < -0.39 is 0 Å². The van der Waals surface area contributed by atoms with Gasteiger partial charge in [-0.3, -0.25) is 4.68 Å².